The number of nitrogens with two attached hydrogens (primary N) is 1. The zero-order valence-electron chi connectivity index (χ0n) is 18.5. The molecule has 0 aliphatic heterocycles. The first-order valence-electron chi connectivity index (χ1n) is 11.0. The van der Waals surface area contributed by atoms with Crippen molar-refractivity contribution in [1.29, 1.82) is 0 Å². The highest BCUT2D eigenvalue weighted by Gasteiger charge is 2.27. The number of ether oxygens (including phenoxy) is 1. The van der Waals surface area contributed by atoms with Crippen LogP contribution in [0, 0.1) is 5.95 Å². The maximum Gasteiger partial charge on any atom is 0.270 e. The van der Waals surface area contributed by atoms with E-state index in [0.717, 1.165) is 36.6 Å². The van der Waals surface area contributed by atoms with Crippen molar-refractivity contribution < 1.29 is 18.3 Å². The smallest absolute Gasteiger partial charge is 0.270 e. The van der Waals surface area contributed by atoms with Gasteiger partial charge in [0.25, 0.3) is 5.91 Å². The molecular weight excluding hydrogens is 443 g/mol. The first-order valence-corrected chi connectivity index (χ1v) is 11.0. The normalized spacial score (nSPS) is 18.3. The highest BCUT2D eigenvalue weighted by molar-refractivity contribution is 5.90. The Labute approximate surface area is 193 Å². The summed E-state index contributed by atoms with van der Waals surface area (Å²) in [6, 6.07) is 0.142. The number of carbonyl (C=O) groups excluding carboxylic acids is 1. The van der Waals surface area contributed by atoms with Crippen molar-refractivity contribution in [1.82, 2.24) is 34.5 Å². The van der Waals surface area contributed by atoms with Gasteiger partial charge in [0.15, 0.2) is 5.69 Å². The van der Waals surface area contributed by atoms with Gasteiger partial charge in [-0.25, -0.2) is 9.67 Å². The predicted molar refractivity (Wildman–Crippen MR) is 117 cm³/mol. The Bertz CT molecular complexity index is 1290. The minimum absolute atomic E-state index is 0.0115. The van der Waals surface area contributed by atoms with E-state index in [9.17, 15) is 4.79 Å². The predicted octanol–water partition coefficient (Wildman–Crippen LogP) is 2.94. The van der Waals surface area contributed by atoms with Crippen molar-refractivity contribution in [2.45, 2.75) is 44.8 Å². The molecule has 0 saturated heterocycles. The number of primary amides is 1. The molecule has 4 aromatic heterocycles. The van der Waals surface area contributed by atoms with E-state index in [1.807, 2.05) is 11.6 Å². The summed E-state index contributed by atoms with van der Waals surface area (Å²) in [5.41, 5.74) is 6.44. The van der Waals surface area contributed by atoms with Gasteiger partial charge in [-0.2, -0.15) is 14.6 Å². The van der Waals surface area contributed by atoms with Crippen molar-refractivity contribution in [2.24, 2.45) is 5.73 Å². The van der Waals surface area contributed by atoms with Crippen LogP contribution >= 0.6 is 0 Å². The molecule has 4 aromatic rings. The van der Waals surface area contributed by atoms with Gasteiger partial charge in [0.2, 0.25) is 11.8 Å². The van der Waals surface area contributed by atoms with Gasteiger partial charge in [-0.3, -0.25) is 19.4 Å². The van der Waals surface area contributed by atoms with Gasteiger partial charge in [-0.05, 0) is 32.6 Å². The second-order valence-corrected chi connectivity index (χ2v) is 7.98. The number of rotatable bonds is 7. The molecule has 0 bridgehead atoms. The standard InChI is InChI=1S/C22H23FN8O3/c1-2-33-14-5-3-13(4-6-14)30-11-18(19(29-30)16-10-25-7-8-26-16)31-20(23)15(9-27-31)22-28-17(12-34-22)21(24)32/h7-14H,2-6H2,1H3,(H2,24,32). The maximum absolute atomic E-state index is 15.5. The number of halogens is 1. The summed E-state index contributed by atoms with van der Waals surface area (Å²) in [6.07, 6.45) is 12.7. The lowest BCUT2D eigenvalue weighted by atomic mass is 9.93. The van der Waals surface area contributed by atoms with Gasteiger partial charge in [0.1, 0.15) is 28.9 Å². The van der Waals surface area contributed by atoms with Crippen molar-refractivity contribution >= 4 is 5.91 Å². The van der Waals surface area contributed by atoms with Crippen molar-refractivity contribution in [3.8, 4) is 28.5 Å². The Morgan fingerprint density at radius 1 is 1.26 bits per heavy atom. The van der Waals surface area contributed by atoms with Gasteiger partial charge in [-0.15, -0.1) is 0 Å². The molecule has 1 aliphatic carbocycles. The molecule has 1 fully saturated rings. The first-order chi connectivity index (χ1) is 16.5. The van der Waals surface area contributed by atoms with Gasteiger partial charge in [0.05, 0.1) is 30.7 Å². The van der Waals surface area contributed by atoms with Crippen LogP contribution in [0.3, 0.4) is 0 Å². The molecule has 11 nitrogen and oxygen atoms in total. The molecule has 1 aliphatic rings. The second kappa shape index (κ2) is 9.14. The molecule has 1 amide bonds. The third kappa shape index (κ3) is 4.07. The molecule has 4 heterocycles. The maximum atomic E-state index is 15.5. The van der Waals surface area contributed by atoms with Crippen LogP contribution in [-0.4, -0.2) is 53.1 Å². The Balaban J connectivity index is 1.52. The van der Waals surface area contributed by atoms with Crippen LogP contribution in [-0.2, 0) is 4.74 Å². The van der Waals surface area contributed by atoms with Gasteiger partial charge in [0, 0.05) is 19.0 Å². The van der Waals surface area contributed by atoms with Crippen LogP contribution in [0.4, 0.5) is 4.39 Å². The van der Waals surface area contributed by atoms with Crippen molar-refractivity contribution in [3.63, 3.8) is 0 Å². The topological polar surface area (TPSA) is 140 Å². The van der Waals surface area contributed by atoms with E-state index in [4.69, 9.17) is 20.0 Å². The average Bonchev–Trinajstić information content (AvgIpc) is 3.58. The van der Waals surface area contributed by atoms with Gasteiger partial charge >= 0.3 is 0 Å². The molecule has 0 spiro atoms. The van der Waals surface area contributed by atoms with Crippen LogP contribution in [0.5, 0.6) is 0 Å². The Kier molecular flexibility index (Phi) is 5.88. The Hall–Kier alpha value is -3.93. The number of amides is 1. The first kappa shape index (κ1) is 21.9. The summed E-state index contributed by atoms with van der Waals surface area (Å²) in [4.78, 5) is 23.7. The van der Waals surface area contributed by atoms with E-state index in [1.165, 1.54) is 6.20 Å². The van der Waals surface area contributed by atoms with E-state index >= 15 is 4.39 Å². The largest absolute Gasteiger partial charge is 0.443 e. The number of aromatic nitrogens is 7. The monoisotopic (exact) mass is 466 g/mol. The fraction of sp³-hybridized carbons (Fsp3) is 0.364. The lowest BCUT2D eigenvalue weighted by molar-refractivity contribution is 0.0260. The molecule has 0 radical (unpaired) electrons. The Morgan fingerprint density at radius 2 is 2.09 bits per heavy atom. The minimum atomic E-state index is -0.770. The summed E-state index contributed by atoms with van der Waals surface area (Å²) in [5.74, 6) is -1.59. The molecule has 12 heteroatoms. The molecule has 5 rings (SSSR count). The van der Waals surface area contributed by atoms with Gasteiger partial charge in [-0.1, -0.05) is 0 Å². The Morgan fingerprint density at radius 3 is 2.76 bits per heavy atom. The van der Waals surface area contributed by atoms with Crippen LogP contribution in [0.25, 0.3) is 28.5 Å². The SMILES string of the molecule is CCOC1CCC(n2cc(-n3ncc(-c4nc(C(N)=O)co4)c3F)c(-c3cnccn3)n2)CC1. The minimum Gasteiger partial charge on any atom is -0.443 e. The van der Waals surface area contributed by atoms with E-state index in [1.54, 1.807) is 24.8 Å². The number of nitrogens with zero attached hydrogens (tertiary/aromatic N) is 7. The highest BCUT2D eigenvalue weighted by Crippen LogP contribution is 2.34. The number of oxazole rings is 1. The summed E-state index contributed by atoms with van der Waals surface area (Å²) < 4.78 is 29.4. The summed E-state index contributed by atoms with van der Waals surface area (Å²) in [6.45, 7) is 2.70. The van der Waals surface area contributed by atoms with E-state index in [0.29, 0.717) is 23.7 Å². The van der Waals surface area contributed by atoms with Crippen LogP contribution in [0.2, 0.25) is 0 Å². The summed E-state index contributed by atoms with van der Waals surface area (Å²) in [7, 11) is 0. The average molecular weight is 466 g/mol. The third-order valence-electron chi connectivity index (χ3n) is 5.86. The number of hydrogen-bond acceptors (Lipinski definition) is 8. The highest BCUT2D eigenvalue weighted by atomic mass is 19.1. The molecule has 2 N–H and O–H groups in total. The third-order valence-corrected chi connectivity index (χ3v) is 5.86. The zero-order valence-corrected chi connectivity index (χ0v) is 18.5. The zero-order chi connectivity index (χ0) is 23.7. The van der Waals surface area contributed by atoms with Crippen LogP contribution in [0.1, 0.15) is 49.1 Å². The fourth-order valence-electron chi connectivity index (χ4n) is 4.20. The summed E-state index contributed by atoms with van der Waals surface area (Å²) in [5, 5.41) is 8.95. The summed E-state index contributed by atoms with van der Waals surface area (Å²) >= 11 is 0. The molecule has 34 heavy (non-hydrogen) atoms. The van der Waals surface area contributed by atoms with E-state index in [-0.39, 0.29) is 29.3 Å². The van der Waals surface area contributed by atoms with E-state index < -0.39 is 11.9 Å². The van der Waals surface area contributed by atoms with Crippen LogP contribution < -0.4 is 5.73 Å². The lowest BCUT2D eigenvalue weighted by Crippen LogP contribution is -2.24. The van der Waals surface area contributed by atoms with Gasteiger partial charge < -0.3 is 14.9 Å². The van der Waals surface area contributed by atoms with E-state index in [2.05, 4.69) is 20.1 Å². The van der Waals surface area contributed by atoms with Crippen molar-refractivity contribution in [3.05, 3.63) is 48.9 Å². The molecule has 1 saturated carbocycles. The van der Waals surface area contributed by atoms with Crippen LogP contribution in [0.15, 0.2) is 41.7 Å². The molecule has 0 aromatic carbocycles. The number of carbonyl (C=O) groups is 1. The fourth-order valence-corrected chi connectivity index (χ4v) is 4.20. The quantitative estimate of drug-likeness (QED) is 0.438. The molecule has 176 valence electrons. The molecule has 0 atom stereocenters. The number of hydrogen-bond donors (Lipinski definition) is 1. The van der Waals surface area contributed by atoms with Crippen molar-refractivity contribution in [2.75, 3.05) is 6.61 Å². The molecule has 0 unspecified atom stereocenters. The lowest BCUT2D eigenvalue weighted by Gasteiger charge is -2.28. The second-order valence-electron chi connectivity index (χ2n) is 7.98. The molecular formula is C22H23FN8O3.